The van der Waals surface area contributed by atoms with Gasteiger partial charge in [-0.05, 0) is 22.5 Å². The minimum atomic E-state index is -0.250. The van der Waals surface area contributed by atoms with Gasteiger partial charge in [0.25, 0.3) is 0 Å². The highest BCUT2D eigenvalue weighted by Crippen LogP contribution is 2.26. The second kappa shape index (κ2) is 5.83. The van der Waals surface area contributed by atoms with Crippen LogP contribution in [0.5, 0.6) is 0 Å². The van der Waals surface area contributed by atoms with Crippen LogP contribution in [-0.2, 0) is 7.05 Å². The Balaban J connectivity index is 2.11. The Morgan fingerprint density at radius 1 is 1.44 bits per heavy atom. The second-order valence-electron chi connectivity index (χ2n) is 4.53. The first-order chi connectivity index (χ1) is 8.67. The molecule has 0 amide bonds. The highest BCUT2D eigenvalue weighted by atomic mass is 79.9. The summed E-state index contributed by atoms with van der Waals surface area (Å²) in [5.41, 5.74) is 0.824. The molecule has 1 aromatic heterocycles. The van der Waals surface area contributed by atoms with E-state index in [1.54, 1.807) is 6.33 Å². The molecule has 0 N–H and O–H groups in total. The number of aryl methyl sites for hydroxylation is 1. The Morgan fingerprint density at radius 2 is 2.11 bits per heavy atom. The predicted octanol–water partition coefficient (Wildman–Crippen LogP) is 1.38. The Bertz CT molecular complexity index is 442. The van der Waals surface area contributed by atoms with Crippen molar-refractivity contribution in [1.82, 2.24) is 19.4 Å². The maximum atomic E-state index is 9.41. The fourth-order valence-corrected chi connectivity index (χ4v) is 2.68. The fourth-order valence-electron chi connectivity index (χ4n) is 2.27. The summed E-state index contributed by atoms with van der Waals surface area (Å²) >= 11 is 3.50. The number of hydrogen-bond acceptors (Lipinski definition) is 4. The van der Waals surface area contributed by atoms with Gasteiger partial charge in [0.05, 0.1) is 12.4 Å². The van der Waals surface area contributed by atoms with Crippen molar-refractivity contribution in [3.63, 3.8) is 0 Å². The van der Waals surface area contributed by atoms with Gasteiger partial charge in [-0.3, -0.25) is 4.90 Å². The Morgan fingerprint density at radius 3 is 2.56 bits per heavy atom. The van der Waals surface area contributed by atoms with Crippen LogP contribution in [0.2, 0.25) is 0 Å². The van der Waals surface area contributed by atoms with E-state index in [4.69, 9.17) is 0 Å². The lowest BCUT2D eigenvalue weighted by atomic mass is 10.2. The number of rotatable bonds is 3. The van der Waals surface area contributed by atoms with E-state index >= 15 is 0 Å². The molecule has 0 spiro atoms. The van der Waals surface area contributed by atoms with E-state index in [-0.39, 0.29) is 6.04 Å². The zero-order valence-electron chi connectivity index (χ0n) is 10.8. The monoisotopic (exact) mass is 311 g/mol. The van der Waals surface area contributed by atoms with Gasteiger partial charge in [-0.2, -0.15) is 5.26 Å². The van der Waals surface area contributed by atoms with Gasteiger partial charge in [0.15, 0.2) is 0 Å². The number of likely N-dealkylation sites (N-methyl/N-ethyl adjacent to an activating group) is 1. The summed E-state index contributed by atoms with van der Waals surface area (Å²) in [6, 6.07) is 2.13. The van der Waals surface area contributed by atoms with Crippen LogP contribution < -0.4 is 0 Å². The van der Waals surface area contributed by atoms with Gasteiger partial charge in [0.2, 0.25) is 0 Å². The van der Waals surface area contributed by atoms with Gasteiger partial charge in [0, 0.05) is 33.2 Å². The van der Waals surface area contributed by atoms with Crippen LogP contribution in [0.15, 0.2) is 10.9 Å². The van der Waals surface area contributed by atoms with E-state index < -0.39 is 0 Å². The highest BCUT2D eigenvalue weighted by molar-refractivity contribution is 9.10. The first-order valence-corrected chi connectivity index (χ1v) is 6.99. The van der Waals surface area contributed by atoms with Crippen molar-refractivity contribution in [2.75, 3.05) is 32.7 Å². The SMILES string of the molecule is CCN1CCN(C(C#N)c2ncn(C)c2Br)CC1. The van der Waals surface area contributed by atoms with Crippen LogP contribution >= 0.6 is 15.9 Å². The molecule has 0 bridgehead atoms. The van der Waals surface area contributed by atoms with Crippen LogP contribution in [-0.4, -0.2) is 52.1 Å². The predicted molar refractivity (Wildman–Crippen MR) is 72.9 cm³/mol. The molecule has 2 rings (SSSR count). The molecule has 5 nitrogen and oxygen atoms in total. The minimum absolute atomic E-state index is 0.250. The lowest BCUT2D eigenvalue weighted by Gasteiger charge is -2.35. The quantitative estimate of drug-likeness (QED) is 0.846. The van der Waals surface area contributed by atoms with E-state index in [0.717, 1.165) is 43.0 Å². The summed E-state index contributed by atoms with van der Waals surface area (Å²) < 4.78 is 2.79. The van der Waals surface area contributed by atoms with E-state index in [0.29, 0.717) is 0 Å². The Labute approximate surface area is 116 Å². The highest BCUT2D eigenvalue weighted by Gasteiger charge is 2.27. The first-order valence-electron chi connectivity index (χ1n) is 6.20. The van der Waals surface area contributed by atoms with Crippen LogP contribution in [0.25, 0.3) is 0 Å². The van der Waals surface area contributed by atoms with Crippen molar-refractivity contribution in [2.24, 2.45) is 7.05 Å². The second-order valence-corrected chi connectivity index (χ2v) is 5.28. The molecule has 1 fully saturated rings. The summed E-state index contributed by atoms with van der Waals surface area (Å²) in [6.07, 6.45) is 1.74. The summed E-state index contributed by atoms with van der Waals surface area (Å²) in [5.74, 6) is 0. The summed E-state index contributed by atoms with van der Waals surface area (Å²) in [4.78, 5) is 8.95. The maximum Gasteiger partial charge on any atom is 0.143 e. The summed E-state index contributed by atoms with van der Waals surface area (Å²) in [6.45, 7) is 7.16. The molecule has 0 aromatic carbocycles. The molecule has 2 heterocycles. The van der Waals surface area contributed by atoms with E-state index in [2.05, 4.69) is 43.7 Å². The smallest absolute Gasteiger partial charge is 0.143 e. The van der Waals surface area contributed by atoms with Crippen LogP contribution in [0.4, 0.5) is 0 Å². The van der Waals surface area contributed by atoms with Crippen LogP contribution in [0.1, 0.15) is 18.7 Å². The number of nitrogens with zero attached hydrogens (tertiary/aromatic N) is 5. The molecule has 1 aliphatic heterocycles. The molecule has 1 atom stereocenters. The average molecular weight is 312 g/mol. The third-order valence-electron chi connectivity index (χ3n) is 3.49. The number of hydrogen-bond donors (Lipinski definition) is 0. The average Bonchev–Trinajstić information content (AvgIpc) is 2.73. The van der Waals surface area contributed by atoms with E-state index in [1.807, 2.05) is 11.6 Å². The number of imidazole rings is 1. The van der Waals surface area contributed by atoms with Crippen molar-refractivity contribution >= 4 is 15.9 Å². The lowest BCUT2D eigenvalue weighted by Crippen LogP contribution is -2.47. The van der Waals surface area contributed by atoms with Crippen LogP contribution in [0, 0.1) is 11.3 Å². The molecule has 1 unspecified atom stereocenters. The van der Waals surface area contributed by atoms with Gasteiger partial charge in [0.1, 0.15) is 16.3 Å². The zero-order valence-corrected chi connectivity index (χ0v) is 12.4. The standard InChI is InChI=1S/C12H18BrN5/c1-3-17-4-6-18(7-5-17)10(8-14)11-12(13)16(2)9-15-11/h9-10H,3-7H2,1-2H3. The molecule has 0 saturated carbocycles. The molecule has 0 radical (unpaired) electrons. The number of piperazine rings is 1. The van der Waals surface area contributed by atoms with Gasteiger partial charge in [-0.15, -0.1) is 0 Å². The zero-order chi connectivity index (χ0) is 13.1. The Kier molecular flexibility index (Phi) is 4.38. The third kappa shape index (κ3) is 2.58. The normalized spacial score (nSPS) is 19.7. The lowest BCUT2D eigenvalue weighted by molar-refractivity contribution is 0.117. The minimum Gasteiger partial charge on any atom is -0.328 e. The molecular weight excluding hydrogens is 294 g/mol. The molecule has 1 saturated heterocycles. The number of halogens is 1. The van der Waals surface area contributed by atoms with Crippen molar-refractivity contribution in [3.8, 4) is 6.07 Å². The first kappa shape index (κ1) is 13.5. The van der Waals surface area contributed by atoms with Crippen molar-refractivity contribution in [3.05, 3.63) is 16.6 Å². The van der Waals surface area contributed by atoms with Crippen molar-refractivity contribution < 1.29 is 0 Å². The van der Waals surface area contributed by atoms with Crippen LogP contribution in [0.3, 0.4) is 0 Å². The fraction of sp³-hybridized carbons (Fsp3) is 0.667. The molecule has 6 heteroatoms. The van der Waals surface area contributed by atoms with Crippen molar-refractivity contribution in [2.45, 2.75) is 13.0 Å². The maximum absolute atomic E-state index is 9.41. The third-order valence-corrected chi connectivity index (χ3v) is 4.46. The molecule has 1 aliphatic rings. The van der Waals surface area contributed by atoms with Gasteiger partial charge in [-0.25, -0.2) is 4.98 Å². The number of nitriles is 1. The topological polar surface area (TPSA) is 48.1 Å². The Hall–Kier alpha value is -0.900. The molecule has 1 aromatic rings. The van der Waals surface area contributed by atoms with E-state index in [9.17, 15) is 5.26 Å². The van der Waals surface area contributed by atoms with Gasteiger partial charge >= 0.3 is 0 Å². The molecule has 0 aliphatic carbocycles. The van der Waals surface area contributed by atoms with E-state index in [1.165, 1.54) is 0 Å². The van der Waals surface area contributed by atoms with Gasteiger partial charge < -0.3 is 9.47 Å². The molecular formula is C12H18BrN5. The number of aromatic nitrogens is 2. The largest absolute Gasteiger partial charge is 0.328 e. The van der Waals surface area contributed by atoms with Gasteiger partial charge in [-0.1, -0.05) is 6.92 Å². The van der Waals surface area contributed by atoms with Crippen molar-refractivity contribution in [1.29, 1.82) is 5.26 Å². The molecule has 18 heavy (non-hydrogen) atoms. The summed E-state index contributed by atoms with van der Waals surface area (Å²) in [7, 11) is 1.92. The molecule has 98 valence electrons. The summed E-state index contributed by atoms with van der Waals surface area (Å²) in [5, 5.41) is 9.41.